The number of benzene rings is 2. The van der Waals surface area contributed by atoms with E-state index in [1.807, 2.05) is 0 Å². The van der Waals surface area contributed by atoms with Gasteiger partial charge in [-0.3, -0.25) is 19.3 Å². The minimum Gasteiger partial charge on any atom is -0.454 e. The average Bonchev–Trinajstić information content (AvgIpc) is 3.61. The quantitative estimate of drug-likeness (QED) is 0.262. The first-order valence-electron chi connectivity index (χ1n) is 11.2. The van der Waals surface area contributed by atoms with E-state index in [-0.39, 0.29) is 51.6 Å². The first-order valence-corrected chi connectivity index (χ1v) is 11.9. The van der Waals surface area contributed by atoms with Crippen LogP contribution < -0.4 is 4.90 Å². The number of ketones is 1. The van der Waals surface area contributed by atoms with Crippen molar-refractivity contribution in [3.05, 3.63) is 75.8 Å². The van der Waals surface area contributed by atoms with Crippen molar-refractivity contribution in [1.82, 2.24) is 0 Å². The molecule has 2 saturated carbocycles. The zero-order valence-corrected chi connectivity index (χ0v) is 19.3. The zero-order chi connectivity index (χ0) is 23.7. The Bertz CT molecular complexity index is 1250. The lowest BCUT2D eigenvalue weighted by atomic mass is 9.63. The van der Waals surface area contributed by atoms with Crippen LogP contribution in [0.4, 0.5) is 5.69 Å². The number of allylic oxidation sites excluding steroid dienone is 2. The largest absolute Gasteiger partial charge is 0.454 e. The summed E-state index contributed by atoms with van der Waals surface area (Å²) in [6.07, 6.45) is 5.37. The Morgan fingerprint density at radius 2 is 1.53 bits per heavy atom. The second kappa shape index (κ2) is 7.79. The molecule has 1 aliphatic heterocycles. The molecule has 0 N–H and O–H groups in total. The van der Waals surface area contributed by atoms with E-state index in [1.54, 1.807) is 12.1 Å². The predicted molar refractivity (Wildman–Crippen MR) is 125 cm³/mol. The topological polar surface area (TPSA) is 80.8 Å². The molecule has 2 aromatic rings. The van der Waals surface area contributed by atoms with Crippen LogP contribution in [0.3, 0.4) is 0 Å². The van der Waals surface area contributed by atoms with Gasteiger partial charge in [-0.25, -0.2) is 4.79 Å². The number of carbonyl (C=O) groups excluding carboxylic acids is 4. The molecule has 6 atom stereocenters. The highest BCUT2D eigenvalue weighted by molar-refractivity contribution is 6.36. The van der Waals surface area contributed by atoms with Gasteiger partial charge in [0, 0.05) is 10.6 Å². The third-order valence-electron chi connectivity index (χ3n) is 7.59. The molecule has 1 heterocycles. The third kappa shape index (κ3) is 3.23. The number of esters is 1. The summed E-state index contributed by atoms with van der Waals surface area (Å²) in [6, 6.07) is 10.6. The van der Waals surface area contributed by atoms with Crippen LogP contribution in [0, 0.1) is 35.5 Å². The maximum Gasteiger partial charge on any atom is 0.338 e. The Balaban J connectivity index is 1.14. The van der Waals surface area contributed by atoms with Crippen molar-refractivity contribution in [2.75, 3.05) is 11.5 Å². The molecule has 4 aliphatic carbocycles. The summed E-state index contributed by atoms with van der Waals surface area (Å²) in [5.74, 6) is -0.621. The van der Waals surface area contributed by atoms with Gasteiger partial charge in [0.1, 0.15) is 0 Å². The number of amides is 2. The van der Waals surface area contributed by atoms with E-state index in [0.717, 1.165) is 6.42 Å². The Kier molecular flexibility index (Phi) is 4.94. The highest BCUT2D eigenvalue weighted by Crippen LogP contribution is 2.65. The maximum atomic E-state index is 13.2. The molecule has 3 fully saturated rings. The fourth-order valence-corrected chi connectivity index (χ4v) is 6.48. The zero-order valence-electron chi connectivity index (χ0n) is 17.8. The number of anilines is 1. The van der Waals surface area contributed by atoms with E-state index < -0.39 is 18.4 Å². The van der Waals surface area contributed by atoms with E-state index in [0.29, 0.717) is 22.5 Å². The van der Waals surface area contributed by atoms with Gasteiger partial charge in [-0.15, -0.1) is 0 Å². The number of hydrogen-bond donors (Lipinski definition) is 0. The van der Waals surface area contributed by atoms with Crippen LogP contribution >= 0.6 is 23.2 Å². The summed E-state index contributed by atoms with van der Waals surface area (Å²) in [5.41, 5.74) is 0.860. The minimum absolute atomic E-state index is 0.152. The number of hydrogen-bond acceptors (Lipinski definition) is 5. The molecular formula is C26H19Cl2NO5. The van der Waals surface area contributed by atoms with Crippen LogP contribution in [-0.4, -0.2) is 30.2 Å². The van der Waals surface area contributed by atoms with Crippen molar-refractivity contribution < 1.29 is 23.9 Å². The number of nitrogens with zero attached hydrogens (tertiary/aromatic N) is 1. The van der Waals surface area contributed by atoms with Gasteiger partial charge in [-0.1, -0.05) is 35.4 Å². The molecule has 0 radical (unpaired) electrons. The highest BCUT2D eigenvalue weighted by Gasteiger charge is 2.67. The standard InChI is InChI=1S/C26H19Cl2NO5/c27-13-3-6-17(20(28)9-13)21(30)11-34-26(33)12-1-4-14(5-2-12)29-24(31)22-15-7-8-16(19-10-18(15)19)23(22)25(29)32/h1-9,15-16,18-19,22-23H,10-11H2/t15-,16-,18-,19+,22-,23+/m0/s1. The smallest absolute Gasteiger partial charge is 0.338 e. The van der Waals surface area contributed by atoms with E-state index in [1.165, 1.54) is 35.2 Å². The Hall–Kier alpha value is -2.96. The number of halogens is 2. The molecule has 2 bridgehead atoms. The van der Waals surface area contributed by atoms with E-state index in [4.69, 9.17) is 27.9 Å². The van der Waals surface area contributed by atoms with Crippen molar-refractivity contribution in [3.8, 4) is 0 Å². The Morgan fingerprint density at radius 1 is 0.912 bits per heavy atom. The molecule has 7 rings (SSSR count). The summed E-state index contributed by atoms with van der Waals surface area (Å²) < 4.78 is 5.13. The van der Waals surface area contributed by atoms with Crippen molar-refractivity contribution in [2.24, 2.45) is 35.5 Å². The second-order valence-electron chi connectivity index (χ2n) is 9.34. The molecule has 0 aromatic heterocycles. The average molecular weight is 496 g/mol. The molecule has 34 heavy (non-hydrogen) atoms. The van der Waals surface area contributed by atoms with E-state index in [2.05, 4.69) is 12.2 Å². The van der Waals surface area contributed by atoms with Gasteiger partial charge < -0.3 is 4.74 Å². The Labute approximate surface area is 205 Å². The number of imide groups is 1. The number of carbonyl (C=O) groups is 4. The fourth-order valence-electron chi connectivity index (χ4n) is 5.97. The van der Waals surface area contributed by atoms with Gasteiger partial charge in [0.25, 0.3) is 0 Å². The molecule has 5 aliphatic rings. The molecule has 1 saturated heterocycles. The van der Waals surface area contributed by atoms with Crippen molar-refractivity contribution in [2.45, 2.75) is 6.42 Å². The van der Waals surface area contributed by atoms with Gasteiger partial charge >= 0.3 is 5.97 Å². The molecule has 8 heteroatoms. The molecule has 172 valence electrons. The number of rotatable bonds is 5. The SMILES string of the molecule is O=C(OCC(=O)c1ccc(Cl)cc1Cl)c1ccc(N2C(=O)[C@@H]3[C@H]4C=C[C@@H]([C@@H]5C[C@H]45)[C@@H]3C2=O)cc1. The lowest BCUT2D eigenvalue weighted by molar-refractivity contribution is -0.124. The summed E-state index contributed by atoms with van der Waals surface area (Å²) in [6.45, 7) is -0.480. The van der Waals surface area contributed by atoms with Crippen molar-refractivity contribution in [3.63, 3.8) is 0 Å². The van der Waals surface area contributed by atoms with Crippen molar-refractivity contribution >= 4 is 52.5 Å². The van der Waals surface area contributed by atoms with Crippen LogP contribution in [0.2, 0.25) is 10.0 Å². The molecule has 0 unspecified atom stereocenters. The monoisotopic (exact) mass is 495 g/mol. The van der Waals surface area contributed by atoms with Crippen LogP contribution in [0.25, 0.3) is 0 Å². The first-order chi connectivity index (χ1) is 16.3. The van der Waals surface area contributed by atoms with Gasteiger partial charge in [-0.2, -0.15) is 0 Å². The summed E-state index contributed by atoms with van der Waals surface area (Å²) in [4.78, 5) is 52.5. The molecule has 2 aromatic carbocycles. The molecule has 2 amide bonds. The molecular weight excluding hydrogens is 477 g/mol. The maximum absolute atomic E-state index is 13.2. The van der Waals surface area contributed by atoms with Crippen LogP contribution in [0.15, 0.2) is 54.6 Å². The van der Waals surface area contributed by atoms with Crippen LogP contribution in [-0.2, 0) is 14.3 Å². The van der Waals surface area contributed by atoms with Gasteiger partial charge in [0.05, 0.1) is 28.1 Å². The number of Topliss-reactive ketones (excluding diaryl/α,β-unsaturated/α-hetero) is 1. The predicted octanol–water partition coefficient (Wildman–Crippen LogP) is 4.59. The van der Waals surface area contributed by atoms with E-state index >= 15 is 0 Å². The second-order valence-corrected chi connectivity index (χ2v) is 10.2. The third-order valence-corrected chi connectivity index (χ3v) is 8.14. The normalized spacial score (nSPS) is 30.2. The minimum atomic E-state index is -0.694. The van der Waals surface area contributed by atoms with E-state index in [9.17, 15) is 19.2 Å². The molecule has 0 spiro atoms. The van der Waals surface area contributed by atoms with Crippen molar-refractivity contribution in [1.29, 1.82) is 0 Å². The number of ether oxygens (including phenoxy) is 1. The van der Waals surface area contributed by atoms with Gasteiger partial charge in [0.15, 0.2) is 6.61 Å². The van der Waals surface area contributed by atoms with Gasteiger partial charge in [0.2, 0.25) is 17.6 Å². The molecule has 6 nitrogen and oxygen atoms in total. The highest BCUT2D eigenvalue weighted by atomic mass is 35.5. The summed E-state index contributed by atoms with van der Waals surface area (Å²) in [5, 5.41) is 0.577. The summed E-state index contributed by atoms with van der Waals surface area (Å²) >= 11 is 11.9. The van der Waals surface area contributed by atoms with Crippen LogP contribution in [0.1, 0.15) is 27.1 Å². The Morgan fingerprint density at radius 3 is 2.12 bits per heavy atom. The lowest BCUT2D eigenvalue weighted by Gasteiger charge is -2.37. The lowest BCUT2D eigenvalue weighted by Crippen LogP contribution is -2.40. The van der Waals surface area contributed by atoms with Gasteiger partial charge in [-0.05, 0) is 72.6 Å². The fraction of sp³-hybridized carbons (Fsp3) is 0.308. The summed E-state index contributed by atoms with van der Waals surface area (Å²) in [7, 11) is 0. The van der Waals surface area contributed by atoms with Crippen LogP contribution in [0.5, 0.6) is 0 Å². The first kappa shape index (κ1) is 21.6.